The standard InChI is InChI=1S/C10H12F2O8S2/c1-3-4-2-5-6(3)18-22(15,16)8(5)7(4)17-9(13)10(11,12)21-20-19-14/h3-8,14H,2H2,1H3. The van der Waals surface area contributed by atoms with Crippen LogP contribution in [0.4, 0.5) is 8.78 Å². The Hall–Kier alpha value is -0.530. The maximum absolute atomic E-state index is 13.4. The molecular formula is C10H12F2O8S2. The molecule has 0 aromatic carbocycles. The van der Waals surface area contributed by atoms with Gasteiger partial charge in [0.15, 0.2) is 0 Å². The van der Waals surface area contributed by atoms with Crippen LogP contribution in [0.5, 0.6) is 0 Å². The number of carbonyl (C=O) groups is 1. The predicted octanol–water partition coefficient (Wildman–Crippen LogP) is 0.943. The second kappa shape index (κ2) is 5.24. The molecule has 0 amide bonds. The van der Waals surface area contributed by atoms with Crippen molar-refractivity contribution in [3.8, 4) is 0 Å². The number of rotatable bonds is 5. The van der Waals surface area contributed by atoms with Gasteiger partial charge in [-0.3, -0.25) is 4.18 Å². The summed E-state index contributed by atoms with van der Waals surface area (Å²) in [7, 11) is -3.95. The summed E-state index contributed by atoms with van der Waals surface area (Å²) < 4.78 is 64.1. The molecule has 1 N–H and O–H groups in total. The van der Waals surface area contributed by atoms with E-state index < -0.39 is 50.8 Å². The van der Waals surface area contributed by atoms with E-state index in [0.29, 0.717) is 6.42 Å². The first-order valence-corrected chi connectivity index (χ1v) is 8.57. The summed E-state index contributed by atoms with van der Waals surface area (Å²) in [6.45, 7) is 1.74. The van der Waals surface area contributed by atoms with Crippen LogP contribution < -0.4 is 0 Å². The molecule has 8 nitrogen and oxygen atoms in total. The van der Waals surface area contributed by atoms with E-state index in [1.54, 1.807) is 6.92 Å². The molecule has 6 atom stereocenters. The van der Waals surface area contributed by atoms with E-state index in [9.17, 15) is 22.0 Å². The third-order valence-corrected chi connectivity index (χ3v) is 6.84. The van der Waals surface area contributed by atoms with E-state index in [0.717, 1.165) is 0 Å². The van der Waals surface area contributed by atoms with Crippen LogP contribution in [0.3, 0.4) is 0 Å². The minimum absolute atomic E-state index is 0.213. The lowest BCUT2D eigenvalue weighted by atomic mass is 9.85. The van der Waals surface area contributed by atoms with Gasteiger partial charge in [-0.1, -0.05) is 12.0 Å². The van der Waals surface area contributed by atoms with E-state index in [2.05, 4.69) is 9.37 Å². The highest BCUT2D eigenvalue weighted by atomic mass is 32.2. The van der Waals surface area contributed by atoms with Crippen LogP contribution >= 0.6 is 12.0 Å². The number of fused-ring (bicyclic) bond motifs is 1. The molecule has 1 saturated heterocycles. The quantitative estimate of drug-likeness (QED) is 0.251. The first-order chi connectivity index (χ1) is 10.2. The first kappa shape index (κ1) is 16.3. The highest BCUT2D eigenvalue weighted by Crippen LogP contribution is 2.58. The third-order valence-electron chi connectivity index (χ3n) is 4.56. The van der Waals surface area contributed by atoms with E-state index in [4.69, 9.17) is 14.2 Å². The molecule has 126 valence electrons. The molecule has 0 radical (unpaired) electrons. The molecule has 12 heteroatoms. The molecule has 0 spiro atoms. The second-order valence-electron chi connectivity index (χ2n) is 5.55. The van der Waals surface area contributed by atoms with Crippen LogP contribution in [0.25, 0.3) is 0 Å². The Bertz CT molecular complexity index is 581. The van der Waals surface area contributed by atoms with Crippen molar-refractivity contribution in [1.82, 2.24) is 0 Å². The zero-order valence-corrected chi connectivity index (χ0v) is 12.7. The summed E-state index contributed by atoms with van der Waals surface area (Å²) in [5, 5.41) is 5.58. The number of hydrogen-bond donors (Lipinski definition) is 1. The van der Waals surface area contributed by atoms with Crippen LogP contribution in [0.2, 0.25) is 0 Å². The average Bonchev–Trinajstić information content (AvgIpc) is 3.00. The Kier molecular flexibility index (Phi) is 3.89. The Morgan fingerprint density at radius 3 is 2.73 bits per heavy atom. The van der Waals surface area contributed by atoms with Gasteiger partial charge in [0.05, 0.1) is 6.10 Å². The van der Waals surface area contributed by atoms with Gasteiger partial charge in [0, 0.05) is 11.8 Å². The summed E-state index contributed by atoms with van der Waals surface area (Å²) in [5.41, 5.74) is 0. The smallest absolute Gasteiger partial charge is 0.415 e. The van der Waals surface area contributed by atoms with Crippen LogP contribution in [0, 0.1) is 17.8 Å². The molecule has 0 aromatic rings. The summed E-state index contributed by atoms with van der Waals surface area (Å²) >= 11 is -0.751. The molecule has 6 unspecified atom stereocenters. The number of halogens is 2. The summed E-state index contributed by atoms with van der Waals surface area (Å²) in [6.07, 6.45) is -1.21. The lowest BCUT2D eigenvalue weighted by Crippen LogP contribution is -2.44. The molecule has 2 aliphatic carbocycles. The van der Waals surface area contributed by atoms with Gasteiger partial charge >= 0.3 is 11.2 Å². The number of alkyl halides is 2. The highest BCUT2D eigenvalue weighted by Gasteiger charge is 2.69. The molecule has 3 fully saturated rings. The van der Waals surface area contributed by atoms with Crippen LogP contribution in [0.15, 0.2) is 0 Å². The highest BCUT2D eigenvalue weighted by molar-refractivity contribution is 7.96. The lowest BCUT2D eigenvalue weighted by molar-refractivity contribution is -0.433. The van der Waals surface area contributed by atoms with E-state index in [-0.39, 0.29) is 17.8 Å². The largest absolute Gasteiger partial charge is 0.455 e. The SMILES string of the molecule is CC1C2CC3C1OS(=O)(=O)C3C2OC(=O)C(F)(F)SOOO. The minimum Gasteiger partial charge on any atom is -0.455 e. The molecule has 1 heterocycles. The number of hydrogen-bond acceptors (Lipinski definition) is 9. The fourth-order valence-corrected chi connectivity index (χ4v) is 6.00. The van der Waals surface area contributed by atoms with E-state index in [1.807, 2.05) is 0 Å². The van der Waals surface area contributed by atoms with Crippen LogP contribution in [0.1, 0.15) is 13.3 Å². The Morgan fingerprint density at radius 2 is 2.09 bits per heavy atom. The summed E-state index contributed by atoms with van der Waals surface area (Å²) in [5.74, 6) is -2.87. The van der Waals surface area contributed by atoms with E-state index >= 15 is 0 Å². The first-order valence-electron chi connectivity index (χ1n) is 6.36. The minimum atomic E-state index is -4.16. The van der Waals surface area contributed by atoms with Gasteiger partial charge in [-0.2, -0.15) is 17.2 Å². The molecule has 22 heavy (non-hydrogen) atoms. The third kappa shape index (κ3) is 2.32. The van der Waals surface area contributed by atoms with Crippen molar-refractivity contribution in [1.29, 1.82) is 0 Å². The molecule has 3 aliphatic rings. The molecule has 1 aliphatic heterocycles. The monoisotopic (exact) mass is 362 g/mol. The van der Waals surface area contributed by atoms with Crippen LogP contribution in [-0.2, 0) is 33.2 Å². The molecule has 2 bridgehead atoms. The van der Waals surface area contributed by atoms with Gasteiger partial charge in [-0.15, -0.1) is 4.33 Å². The predicted molar refractivity (Wildman–Crippen MR) is 65.6 cm³/mol. The van der Waals surface area contributed by atoms with Crippen molar-refractivity contribution in [3.05, 3.63) is 0 Å². The van der Waals surface area contributed by atoms with Crippen molar-refractivity contribution < 1.29 is 45.5 Å². The zero-order valence-electron chi connectivity index (χ0n) is 11.0. The Labute approximate surface area is 128 Å². The molecule has 0 aromatic heterocycles. The Morgan fingerprint density at radius 1 is 1.41 bits per heavy atom. The van der Waals surface area contributed by atoms with E-state index in [1.165, 1.54) is 0 Å². The van der Waals surface area contributed by atoms with Crippen molar-refractivity contribution >= 4 is 28.1 Å². The Balaban J connectivity index is 1.77. The maximum atomic E-state index is 13.4. The maximum Gasteiger partial charge on any atom is 0.415 e. The van der Waals surface area contributed by atoms with Crippen LogP contribution in [-0.4, -0.2) is 42.4 Å². The average molecular weight is 362 g/mol. The molecule has 2 saturated carbocycles. The summed E-state index contributed by atoms with van der Waals surface area (Å²) in [6, 6.07) is 0. The van der Waals surface area contributed by atoms with Gasteiger partial charge < -0.3 is 4.74 Å². The number of carbonyl (C=O) groups excluding carboxylic acids is 1. The fraction of sp³-hybridized carbons (Fsp3) is 0.900. The van der Waals surface area contributed by atoms with Gasteiger partial charge in [0.1, 0.15) is 23.4 Å². The summed E-state index contributed by atoms with van der Waals surface area (Å²) in [4.78, 5) is 11.5. The second-order valence-corrected chi connectivity index (χ2v) is 8.09. The van der Waals surface area contributed by atoms with Gasteiger partial charge in [-0.05, 0) is 12.3 Å². The molecule has 3 rings (SSSR count). The number of esters is 1. The van der Waals surface area contributed by atoms with Crippen molar-refractivity contribution in [3.63, 3.8) is 0 Å². The van der Waals surface area contributed by atoms with Crippen molar-refractivity contribution in [2.75, 3.05) is 0 Å². The normalized spacial score (nSPS) is 41.8. The molecular weight excluding hydrogens is 350 g/mol. The van der Waals surface area contributed by atoms with Gasteiger partial charge in [-0.25, -0.2) is 10.1 Å². The fourth-order valence-electron chi connectivity index (χ4n) is 3.73. The van der Waals surface area contributed by atoms with Gasteiger partial charge in [0.2, 0.25) is 0 Å². The lowest BCUT2D eigenvalue weighted by Gasteiger charge is -2.29. The van der Waals surface area contributed by atoms with Crippen molar-refractivity contribution in [2.45, 2.75) is 36.1 Å². The zero-order chi connectivity index (χ0) is 16.3. The number of ether oxygens (including phenoxy) is 1. The topological polar surface area (TPSA) is 108 Å². The van der Waals surface area contributed by atoms with Gasteiger partial charge in [0.25, 0.3) is 10.1 Å². The van der Waals surface area contributed by atoms with Crippen molar-refractivity contribution in [2.24, 2.45) is 17.8 Å².